The molecule has 0 aliphatic carbocycles. The molecule has 0 atom stereocenters. The maximum Gasteiger partial charge on any atom is 0.406 e. The molecule has 8 heteroatoms. The van der Waals surface area contributed by atoms with Crippen molar-refractivity contribution in [3.05, 3.63) is 48.0 Å². The number of imidazole rings is 1. The van der Waals surface area contributed by atoms with Gasteiger partial charge in [-0.3, -0.25) is 4.79 Å². The van der Waals surface area contributed by atoms with Crippen molar-refractivity contribution in [3.8, 4) is 17.3 Å². The number of benzene rings is 2. The molecule has 0 N–H and O–H groups in total. The van der Waals surface area contributed by atoms with Gasteiger partial charge in [0.2, 0.25) is 0 Å². The first-order chi connectivity index (χ1) is 13.7. The molecule has 2 aromatic carbocycles. The first-order valence-electron chi connectivity index (χ1n) is 8.90. The van der Waals surface area contributed by atoms with Crippen molar-refractivity contribution < 1.29 is 22.7 Å². The number of hydrogen-bond donors (Lipinski definition) is 0. The second-order valence-corrected chi connectivity index (χ2v) is 6.89. The van der Waals surface area contributed by atoms with Gasteiger partial charge in [-0.15, -0.1) is 0 Å². The largest absolute Gasteiger partial charge is 0.494 e. The van der Waals surface area contributed by atoms with E-state index in [9.17, 15) is 18.0 Å². The highest BCUT2D eigenvalue weighted by atomic mass is 19.4. The molecule has 5 nitrogen and oxygen atoms in total. The number of hydrogen-bond acceptors (Lipinski definition) is 3. The minimum Gasteiger partial charge on any atom is -0.494 e. The van der Waals surface area contributed by atoms with E-state index >= 15 is 0 Å². The van der Waals surface area contributed by atoms with Crippen molar-refractivity contribution in [3.63, 3.8) is 0 Å². The van der Waals surface area contributed by atoms with Crippen LogP contribution in [0.3, 0.4) is 0 Å². The molecule has 4 aromatic rings. The monoisotopic (exact) mass is 401 g/mol. The topological polar surface area (TPSA) is 49.0 Å². The van der Waals surface area contributed by atoms with Crippen LogP contribution >= 0.6 is 0 Å². The van der Waals surface area contributed by atoms with E-state index in [4.69, 9.17) is 4.74 Å². The molecule has 4 rings (SSSR count). The molecule has 0 amide bonds. The quantitative estimate of drug-likeness (QED) is 0.454. The Morgan fingerprint density at radius 2 is 1.90 bits per heavy atom. The molecule has 0 unspecified atom stereocenters. The highest BCUT2D eigenvalue weighted by Gasteiger charge is 2.31. The van der Waals surface area contributed by atoms with Gasteiger partial charge in [0, 0.05) is 23.5 Å². The van der Waals surface area contributed by atoms with E-state index in [-0.39, 0.29) is 5.78 Å². The van der Waals surface area contributed by atoms with Gasteiger partial charge < -0.3 is 13.9 Å². The van der Waals surface area contributed by atoms with Crippen LogP contribution in [-0.2, 0) is 13.6 Å². The number of Topliss-reactive ketones (excluding diaryl/α,β-unsaturated/α-hetero) is 1. The molecular weight excluding hydrogens is 383 g/mol. The van der Waals surface area contributed by atoms with Crippen molar-refractivity contribution in [2.24, 2.45) is 7.05 Å². The van der Waals surface area contributed by atoms with Crippen molar-refractivity contribution in [1.29, 1.82) is 0 Å². The summed E-state index contributed by atoms with van der Waals surface area (Å²) in [5.74, 6) is 0.649. The summed E-state index contributed by atoms with van der Waals surface area (Å²) in [6, 6.07) is 11.8. The summed E-state index contributed by atoms with van der Waals surface area (Å²) >= 11 is 0. The molecule has 2 heterocycles. The van der Waals surface area contributed by atoms with Crippen LogP contribution in [0.1, 0.15) is 17.3 Å². The molecule has 0 aliphatic heterocycles. The van der Waals surface area contributed by atoms with Gasteiger partial charge >= 0.3 is 6.18 Å². The lowest BCUT2D eigenvalue weighted by atomic mass is 10.1. The van der Waals surface area contributed by atoms with E-state index in [1.807, 2.05) is 0 Å². The number of rotatable bonds is 4. The van der Waals surface area contributed by atoms with Gasteiger partial charge in [-0.2, -0.15) is 13.2 Å². The SMILES string of the molecule is COc1cc(C(C)=O)cc2nc(-c3cc4ccccc4n3CC(F)(F)F)n(C)c12. The molecule has 0 fully saturated rings. The van der Waals surface area contributed by atoms with Gasteiger partial charge in [-0.05, 0) is 31.2 Å². The van der Waals surface area contributed by atoms with Crippen LogP contribution in [0.2, 0.25) is 0 Å². The van der Waals surface area contributed by atoms with Crippen molar-refractivity contribution in [1.82, 2.24) is 14.1 Å². The van der Waals surface area contributed by atoms with Crippen molar-refractivity contribution in [2.75, 3.05) is 7.11 Å². The van der Waals surface area contributed by atoms with E-state index in [0.717, 1.165) is 0 Å². The molecule has 29 heavy (non-hydrogen) atoms. The molecule has 2 aromatic heterocycles. The van der Waals surface area contributed by atoms with Gasteiger partial charge in [0.05, 0.1) is 18.3 Å². The van der Waals surface area contributed by atoms with E-state index in [1.54, 1.807) is 54.1 Å². The summed E-state index contributed by atoms with van der Waals surface area (Å²) in [6.07, 6.45) is -4.39. The Hall–Kier alpha value is -3.29. The molecule has 0 aliphatic rings. The number of alkyl halides is 3. The molecule has 0 saturated carbocycles. The summed E-state index contributed by atoms with van der Waals surface area (Å²) in [5.41, 5.74) is 2.33. The predicted octanol–water partition coefficient (Wildman–Crippen LogP) is 4.97. The number of aromatic nitrogens is 3. The zero-order valence-corrected chi connectivity index (χ0v) is 16.0. The van der Waals surface area contributed by atoms with Crippen LogP contribution in [0, 0.1) is 0 Å². The average Bonchev–Trinajstić information content (AvgIpc) is 3.18. The maximum atomic E-state index is 13.3. The third-order valence-electron chi connectivity index (χ3n) is 4.94. The van der Waals surface area contributed by atoms with E-state index in [1.165, 1.54) is 18.6 Å². The zero-order chi connectivity index (χ0) is 20.9. The minimum atomic E-state index is -4.39. The number of para-hydroxylation sites is 1. The number of nitrogens with zero attached hydrogens (tertiary/aromatic N) is 3. The third-order valence-corrected chi connectivity index (χ3v) is 4.94. The molecule has 0 bridgehead atoms. The van der Waals surface area contributed by atoms with Crippen molar-refractivity contribution in [2.45, 2.75) is 19.6 Å². The predicted molar refractivity (Wildman–Crippen MR) is 104 cm³/mol. The number of carbonyl (C=O) groups excluding carboxylic acids is 1. The van der Waals surface area contributed by atoms with E-state index in [0.29, 0.717) is 44.8 Å². The Morgan fingerprint density at radius 1 is 1.17 bits per heavy atom. The highest BCUT2D eigenvalue weighted by molar-refractivity contribution is 6.00. The zero-order valence-electron chi connectivity index (χ0n) is 16.0. The molecule has 150 valence electrons. The van der Waals surface area contributed by atoms with Crippen molar-refractivity contribution >= 4 is 27.7 Å². The number of methoxy groups -OCH3 is 1. The van der Waals surface area contributed by atoms with E-state index in [2.05, 4.69) is 4.98 Å². The van der Waals surface area contributed by atoms with E-state index < -0.39 is 12.7 Å². The molecular formula is C21H18F3N3O2. The number of ketones is 1. The smallest absolute Gasteiger partial charge is 0.406 e. The van der Waals surface area contributed by atoms with Gasteiger partial charge in [-0.1, -0.05) is 18.2 Å². The standard InChI is InChI=1S/C21H18F3N3O2/c1-12(28)14-8-15-19(18(10-14)29-3)26(2)20(25-15)17-9-13-6-4-5-7-16(13)27(17)11-21(22,23)24/h4-10H,11H2,1-3H3. The number of fused-ring (bicyclic) bond motifs is 2. The lowest BCUT2D eigenvalue weighted by molar-refractivity contribution is -0.139. The lowest BCUT2D eigenvalue weighted by Crippen LogP contribution is -2.18. The number of carbonyl (C=O) groups is 1. The number of aryl methyl sites for hydroxylation is 1. The highest BCUT2D eigenvalue weighted by Crippen LogP contribution is 2.35. The van der Waals surface area contributed by atoms with Crippen LogP contribution in [0.25, 0.3) is 33.5 Å². The van der Waals surface area contributed by atoms with Crippen LogP contribution in [0.5, 0.6) is 5.75 Å². The second-order valence-electron chi connectivity index (χ2n) is 6.89. The summed E-state index contributed by atoms with van der Waals surface area (Å²) in [7, 11) is 3.20. The van der Waals surface area contributed by atoms with Crippen LogP contribution in [0.15, 0.2) is 42.5 Å². The Bertz CT molecular complexity index is 1250. The molecule has 0 saturated heterocycles. The maximum absolute atomic E-state index is 13.3. The summed E-state index contributed by atoms with van der Waals surface area (Å²) < 4.78 is 48.2. The Labute approximate surface area is 164 Å². The molecule has 0 radical (unpaired) electrons. The fraction of sp³-hybridized carbons (Fsp3) is 0.238. The summed E-state index contributed by atoms with van der Waals surface area (Å²) in [6.45, 7) is 0.306. The Balaban J connectivity index is 2.02. The number of ether oxygens (including phenoxy) is 1. The first-order valence-corrected chi connectivity index (χ1v) is 8.90. The Kier molecular flexibility index (Phi) is 4.37. The lowest BCUT2D eigenvalue weighted by Gasteiger charge is -2.13. The third kappa shape index (κ3) is 3.24. The van der Waals surface area contributed by atoms with Crippen LogP contribution < -0.4 is 4.74 Å². The van der Waals surface area contributed by atoms with Crippen LogP contribution in [0.4, 0.5) is 13.2 Å². The summed E-state index contributed by atoms with van der Waals surface area (Å²) in [4.78, 5) is 16.4. The fourth-order valence-electron chi connectivity index (χ4n) is 3.64. The first kappa shape index (κ1) is 19.0. The minimum absolute atomic E-state index is 0.149. The summed E-state index contributed by atoms with van der Waals surface area (Å²) in [5, 5.41) is 0.690. The number of halogens is 3. The molecule has 0 spiro atoms. The van der Waals surface area contributed by atoms with Gasteiger partial charge in [-0.25, -0.2) is 4.98 Å². The fourth-order valence-corrected chi connectivity index (χ4v) is 3.64. The van der Waals surface area contributed by atoms with Gasteiger partial charge in [0.1, 0.15) is 17.8 Å². The second kappa shape index (κ2) is 6.65. The van der Waals surface area contributed by atoms with Gasteiger partial charge in [0.15, 0.2) is 11.6 Å². The van der Waals surface area contributed by atoms with Gasteiger partial charge in [0.25, 0.3) is 0 Å². The normalized spacial score (nSPS) is 12.1. The average molecular weight is 401 g/mol. The Morgan fingerprint density at radius 3 is 2.55 bits per heavy atom. The van der Waals surface area contributed by atoms with Crippen LogP contribution in [-0.4, -0.2) is 33.2 Å².